The second-order valence-corrected chi connectivity index (χ2v) is 4.15. The minimum atomic E-state index is 0.00171. The number of nitrogens with two attached hydrogens (primary N) is 1. The summed E-state index contributed by atoms with van der Waals surface area (Å²) in [5.74, 6) is 0.890. The van der Waals surface area contributed by atoms with Crippen LogP contribution in [0.3, 0.4) is 0 Å². The maximum Gasteiger partial charge on any atom is 0.120 e. The molecule has 1 aromatic carbocycles. The van der Waals surface area contributed by atoms with Gasteiger partial charge in [-0.15, -0.1) is 0 Å². The average molecular weight is 207 g/mol. The van der Waals surface area contributed by atoms with Crippen LogP contribution in [-0.2, 0) is 11.3 Å². The summed E-state index contributed by atoms with van der Waals surface area (Å²) < 4.78 is 11.0. The zero-order valence-electron chi connectivity index (χ0n) is 9.19. The van der Waals surface area contributed by atoms with Crippen LogP contribution in [0.25, 0.3) is 0 Å². The quantitative estimate of drug-likeness (QED) is 0.806. The van der Waals surface area contributed by atoms with Gasteiger partial charge in [0.1, 0.15) is 5.75 Å². The lowest BCUT2D eigenvalue weighted by atomic mass is 9.99. The fraction of sp³-hybridized carbons (Fsp3) is 0.500. The molecular weight excluding hydrogens is 190 g/mol. The van der Waals surface area contributed by atoms with Crippen molar-refractivity contribution in [2.75, 3.05) is 6.61 Å². The van der Waals surface area contributed by atoms with Gasteiger partial charge in [-0.05, 0) is 37.1 Å². The largest absolute Gasteiger partial charge is 0.491 e. The summed E-state index contributed by atoms with van der Waals surface area (Å²) in [5, 5.41) is 0. The Labute approximate surface area is 90.2 Å². The van der Waals surface area contributed by atoms with Gasteiger partial charge in [0.2, 0.25) is 0 Å². The zero-order chi connectivity index (χ0) is 10.8. The van der Waals surface area contributed by atoms with Gasteiger partial charge in [0, 0.05) is 0 Å². The maximum absolute atomic E-state index is 5.93. The molecule has 0 spiro atoms. The van der Waals surface area contributed by atoms with Crippen LogP contribution < -0.4 is 10.5 Å². The minimum Gasteiger partial charge on any atom is -0.491 e. The van der Waals surface area contributed by atoms with E-state index in [2.05, 4.69) is 0 Å². The van der Waals surface area contributed by atoms with Gasteiger partial charge in [-0.1, -0.05) is 6.07 Å². The van der Waals surface area contributed by atoms with Crippen LogP contribution in [0, 0.1) is 0 Å². The molecule has 2 rings (SSSR count). The number of ether oxygens (including phenoxy) is 2. The molecule has 0 unspecified atom stereocenters. The second-order valence-electron chi connectivity index (χ2n) is 4.15. The van der Waals surface area contributed by atoms with E-state index in [1.165, 1.54) is 5.56 Å². The van der Waals surface area contributed by atoms with Gasteiger partial charge in [0.15, 0.2) is 0 Å². The molecule has 0 amide bonds. The highest BCUT2D eigenvalue weighted by molar-refractivity contribution is 5.38. The third kappa shape index (κ3) is 2.30. The Morgan fingerprint density at radius 1 is 1.47 bits per heavy atom. The number of fused-ring (bicyclic) bond motifs is 1. The summed E-state index contributed by atoms with van der Waals surface area (Å²) in [6, 6.07) is 6.04. The van der Waals surface area contributed by atoms with Gasteiger partial charge in [-0.3, -0.25) is 0 Å². The zero-order valence-corrected chi connectivity index (χ0v) is 9.19. The molecule has 1 heterocycles. The summed E-state index contributed by atoms with van der Waals surface area (Å²) in [6.45, 7) is 5.28. The summed E-state index contributed by atoms with van der Waals surface area (Å²) in [5.41, 5.74) is 8.26. The lowest BCUT2D eigenvalue weighted by Crippen LogP contribution is -2.23. The molecule has 0 saturated heterocycles. The molecule has 0 aliphatic carbocycles. The van der Waals surface area contributed by atoms with Crippen molar-refractivity contribution >= 4 is 0 Å². The normalized spacial score (nSPS) is 20.1. The van der Waals surface area contributed by atoms with Gasteiger partial charge in [0.25, 0.3) is 0 Å². The number of benzene rings is 1. The van der Waals surface area contributed by atoms with Crippen LogP contribution >= 0.6 is 0 Å². The van der Waals surface area contributed by atoms with Crippen molar-refractivity contribution in [2.45, 2.75) is 32.6 Å². The van der Waals surface area contributed by atoms with Crippen molar-refractivity contribution in [3.8, 4) is 5.75 Å². The monoisotopic (exact) mass is 207 g/mol. The van der Waals surface area contributed by atoms with Crippen LogP contribution in [0.5, 0.6) is 5.75 Å². The molecule has 82 valence electrons. The van der Waals surface area contributed by atoms with Crippen LogP contribution in [0.1, 0.15) is 31.0 Å². The number of rotatable bonds is 2. The topological polar surface area (TPSA) is 44.5 Å². The molecule has 0 radical (unpaired) electrons. The fourth-order valence-electron chi connectivity index (χ4n) is 1.80. The fourth-order valence-corrected chi connectivity index (χ4v) is 1.80. The Morgan fingerprint density at radius 3 is 3.00 bits per heavy atom. The molecule has 1 aliphatic heterocycles. The smallest absolute Gasteiger partial charge is 0.120 e. The van der Waals surface area contributed by atoms with Gasteiger partial charge >= 0.3 is 0 Å². The highest BCUT2D eigenvalue weighted by Gasteiger charge is 2.17. The molecule has 0 saturated carbocycles. The lowest BCUT2D eigenvalue weighted by Gasteiger charge is -2.23. The molecule has 0 bridgehead atoms. The van der Waals surface area contributed by atoms with Gasteiger partial charge in [-0.25, -0.2) is 0 Å². The highest BCUT2D eigenvalue weighted by atomic mass is 16.5. The molecule has 1 aliphatic rings. The van der Waals surface area contributed by atoms with Crippen molar-refractivity contribution in [2.24, 2.45) is 5.73 Å². The Hall–Kier alpha value is -1.06. The van der Waals surface area contributed by atoms with Crippen LogP contribution in [0.4, 0.5) is 0 Å². The first-order valence-electron chi connectivity index (χ1n) is 5.29. The summed E-state index contributed by atoms with van der Waals surface area (Å²) in [7, 11) is 0. The Balaban J connectivity index is 2.25. The Morgan fingerprint density at radius 2 is 2.27 bits per heavy atom. The Bertz CT molecular complexity index is 349. The van der Waals surface area contributed by atoms with E-state index in [4.69, 9.17) is 15.2 Å². The van der Waals surface area contributed by atoms with Gasteiger partial charge in [-0.2, -0.15) is 0 Å². The minimum absolute atomic E-state index is 0.00171. The SMILES string of the molecule is CC(C)Oc1ccc2c(c1)COC[C@@H]2N. The molecule has 1 atom stereocenters. The third-order valence-electron chi connectivity index (χ3n) is 2.44. The average Bonchev–Trinajstić information content (AvgIpc) is 2.17. The van der Waals surface area contributed by atoms with E-state index in [1.54, 1.807) is 0 Å². The Kier molecular flexibility index (Phi) is 2.93. The standard InChI is InChI=1S/C12H17NO2/c1-8(2)15-10-3-4-11-9(5-10)6-14-7-12(11)13/h3-5,8,12H,6-7,13H2,1-2H3/t12-/m0/s1. The molecule has 2 N–H and O–H groups in total. The van der Waals surface area contributed by atoms with Crippen molar-refractivity contribution in [3.63, 3.8) is 0 Å². The van der Waals surface area contributed by atoms with Crippen LogP contribution in [-0.4, -0.2) is 12.7 Å². The van der Waals surface area contributed by atoms with E-state index in [1.807, 2.05) is 32.0 Å². The van der Waals surface area contributed by atoms with Crippen molar-refractivity contribution in [3.05, 3.63) is 29.3 Å². The third-order valence-corrected chi connectivity index (χ3v) is 2.44. The van der Waals surface area contributed by atoms with E-state index in [0.717, 1.165) is 11.3 Å². The van der Waals surface area contributed by atoms with Crippen LogP contribution in [0.15, 0.2) is 18.2 Å². The first-order valence-corrected chi connectivity index (χ1v) is 5.29. The highest BCUT2D eigenvalue weighted by Crippen LogP contribution is 2.27. The first kappa shape index (κ1) is 10.5. The molecule has 3 nitrogen and oxygen atoms in total. The van der Waals surface area contributed by atoms with Gasteiger partial charge < -0.3 is 15.2 Å². The van der Waals surface area contributed by atoms with E-state index in [9.17, 15) is 0 Å². The van der Waals surface area contributed by atoms with Crippen molar-refractivity contribution in [1.82, 2.24) is 0 Å². The van der Waals surface area contributed by atoms with E-state index in [-0.39, 0.29) is 12.1 Å². The van der Waals surface area contributed by atoms with Crippen LogP contribution in [0.2, 0.25) is 0 Å². The molecule has 1 aromatic rings. The maximum atomic E-state index is 5.93. The summed E-state index contributed by atoms with van der Waals surface area (Å²) in [6.07, 6.45) is 0.196. The predicted molar refractivity (Wildman–Crippen MR) is 58.8 cm³/mol. The molecule has 0 aromatic heterocycles. The summed E-state index contributed by atoms with van der Waals surface area (Å²) in [4.78, 5) is 0. The van der Waals surface area contributed by atoms with E-state index in [0.29, 0.717) is 13.2 Å². The van der Waals surface area contributed by atoms with Gasteiger partial charge in [0.05, 0.1) is 25.4 Å². The first-order chi connectivity index (χ1) is 7.16. The number of hydrogen-bond acceptors (Lipinski definition) is 3. The van der Waals surface area contributed by atoms with E-state index >= 15 is 0 Å². The molecule has 0 fully saturated rings. The molecular formula is C12H17NO2. The van der Waals surface area contributed by atoms with E-state index < -0.39 is 0 Å². The number of hydrogen-bond donors (Lipinski definition) is 1. The van der Waals surface area contributed by atoms with Crippen molar-refractivity contribution < 1.29 is 9.47 Å². The molecule has 15 heavy (non-hydrogen) atoms. The summed E-state index contributed by atoms with van der Waals surface area (Å²) >= 11 is 0. The van der Waals surface area contributed by atoms with Crippen molar-refractivity contribution in [1.29, 1.82) is 0 Å². The predicted octanol–water partition coefficient (Wildman–Crippen LogP) is 2.00. The molecule has 3 heteroatoms. The lowest BCUT2D eigenvalue weighted by molar-refractivity contribution is 0.0919. The second kappa shape index (κ2) is 4.21.